The number of nitrogens with one attached hydrogen (secondary N) is 1. The van der Waals surface area contributed by atoms with Crippen LogP contribution in [0, 0.1) is 0 Å². The lowest BCUT2D eigenvalue weighted by Crippen LogP contribution is -2.51. The fraction of sp³-hybridized carbons (Fsp3) is 0.333. The highest BCUT2D eigenvalue weighted by atomic mass is 35.5. The summed E-state index contributed by atoms with van der Waals surface area (Å²) >= 11 is 6.01. The topological polar surface area (TPSA) is 86.8 Å². The van der Waals surface area contributed by atoms with Crippen molar-refractivity contribution in [3.8, 4) is 0 Å². The van der Waals surface area contributed by atoms with Crippen LogP contribution in [0.2, 0.25) is 5.02 Å². The summed E-state index contributed by atoms with van der Waals surface area (Å²) in [4.78, 5) is 28.0. The van der Waals surface area contributed by atoms with Gasteiger partial charge in [-0.1, -0.05) is 73.5 Å². The molecule has 0 aliphatic carbocycles. The Morgan fingerprint density at radius 1 is 1.00 bits per heavy atom. The molecule has 3 aromatic carbocycles. The number of fused-ring (bicyclic) bond motifs is 1. The van der Waals surface area contributed by atoms with Crippen LogP contribution < -0.4 is 9.62 Å². The fourth-order valence-electron chi connectivity index (χ4n) is 3.93. The number of benzene rings is 3. The molecule has 3 aromatic rings. The largest absolute Gasteiger partial charge is 0.354 e. The van der Waals surface area contributed by atoms with Crippen LogP contribution >= 0.6 is 11.6 Å². The van der Waals surface area contributed by atoms with E-state index >= 15 is 0 Å². The number of sulfonamides is 1. The number of anilines is 1. The van der Waals surface area contributed by atoms with Crippen LogP contribution in [0.4, 0.5) is 5.69 Å². The quantitative estimate of drug-likeness (QED) is 0.368. The average molecular weight is 530 g/mol. The van der Waals surface area contributed by atoms with Gasteiger partial charge in [-0.2, -0.15) is 0 Å². The number of hydrogen-bond donors (Lipinski definition) is 1. The van der Waals surface area contributed by atoms with E-state index in [1.165, 1.54) is 4.90 Å². The molecule has 1 unspecified atom stereocenters. The zero-order chi connectivity index (χ0) is 26.3. The van der Waals surface area contributed by atoms with E-state index < -0.39 is 28.5 Å². The Hall–Kier alpha value is -3.10. The van der Waals surface area contributed by atoms with Crippen LogP contribution in [0.1, 0.15) is 32.3 Å². The molecule has 0 aliphatic rings. The van der Waals surface area contributed by atoms with Crippen LogP contribution in [0.25, 0.3) is 10.8 Å². The van der Waals surface area contributed by atoms with E-state index in [-0.39, 0.29) is 12.5 Å². The van der Waals surface area contributed by atoms with Crippen molar-refractivity contribution >= 4 is 49.9 Å². The second-order valence-corrected chi connectivity index (χ2v) is 11.1. The van der Waals surface area contributed by atoms with E-state index in [1.54, 1.807) is 43.3 Å². The van der Waals surface area contributed by atoms with Gasteiger partial charge in [-0.15, -0.1) is 0 Å². The Bertz CT molecular complexity index is 1310. The Morgan fingerprint density at radius 2 is 1.67 bits per heavy atom. The van der Waals surface area contributed by atoms with Gasteiger partial charge < -0.3 is 10.2 Å². The normalized spacial score (nSPS) is 12.2. The first-order chi connectivity index (χ1) is 17.1. The maximum atomic E-state index is 13.7. The Balaban J connectivity index is 1.95. The number of rotatable bonds is 11. The molecule has 0 heterocycles. The second kappa shape index (κ2) is 12.2. The van der Waals surface area contributed by atoms with E-state index in [2.05, 4.69) is 5.32 Å². The maximum absolute atomic E-state index is 13.7. The predicted octanol–water partition coefficient (Wildman–Crippen LogP) is 4.59. The number of nitrogens with zero attached hydrogens (tertiary/aromatic N) is 2. The SMILES string of the molecule is CCCCNC(=O)C(C)N(Cc1ccc(Cl)cc1)C(=O)CN(c1cccc2ccccc12)S(C)(=O)=O. The summed E-state index contributed by atoms with van der Waals surface area (Å²) in [6.07, 6.45) is 2.83. The lowest BCUT2D eigenvalue weighted by atomic mass is 10.1. The van der Waals surface area contributed by atoms with Crippen LogP contribution in [0.15, 0.2) is 66.7 Å². The van der Waals surface area contributed by atoms with Crippen LogP contribution in [-0.2, 0) is 26.2 Å². The summed E-state index contributed by atoms with van der Waals surface area (Å²) in [5, 5.41) is 5.00. The Morgan fingerprint density at radius 3 is 2.33 bits per heavy atom. The molecular formula is C27H32ClN3O4S. The minimum absolute atomic E-state index is 0.130. The number of carbonyl (C=O) groups excluding carboxylic acids is 2. The molecule has 7 nitrogen and oxygen atoms in total. The third kappa shape index (κ3) is 6.98. The van der Waals surface area contributed by atoms with Crippen LogP contribution in [-0.4, -0.2) is 50.5 Å². The average Bonchev–Trinajstić information content (AvgIpc) is 2.85. The summed E-state index contributed by atoms with van der Waals surface area (Å²) in [5.41, 5.74) is 1.19. The number of hydrogen-bond acceptors (Lipinski definition) is 4. The molecule has 36 heavy (non-hydrogen) atoms. The van der Waals surface area contributed by atoms with Crippen molar-refractivity contribution in [2.75, 3.05) is 23.7 Å². The van der Waals surface area contributed by atoms with Gasteiger partial charge in [0.05, 0.1) is 11.9 Å². The minimum Gasteiger partial charge on any atom is -0.354 e. The zero-order valence-corrected chi connectivity index (χ0v) is 22.3. The summed E-state index contributed by atoms with van der Waals surface area (Å²) in [7, 11) is -3.81. The molecule has 0 aliphatic heterocycles. The third-order valence-corrected chi connectivity index (χ3v) is 7.36. The Labute approximate surface area is 218 Å². The molecule has 1 N–H and O–H groups in total. The number of carbonyl (C=O) groups is 2. The first kappa shape index (κ1) is 27.5. The first-order valence-electron chi connectivity index (χ1n) is 11.9. The zero-order valence-electron chi connectivity index (χ0n) is 20.8. The number of unbranched alkanes of at least 4 members (excludes halogenated alkanes) is 1. The van der Waals surface area contributed by atoms with E-state index in [4.69, 9.17) is 11.6 Å². The summed E-state index contributed by atoms with van der Waals surface area (Å²) in [6, 6.07) is 18.9. The summed E-state index contributed by atoms with van der Waals surface area (Å²) in [6.45, 7) is 3.88. The van der Waals surface area contributed by atoms with Gasteiger partial charge in [0.2, 0.25) is 21.8 Å². The molecule has 0 bridgehead atoms. The van der Waals surface area contributed by atoms with Gasteiger partial charge in [0.15, 0.2) is 0 Å². The van der Waals surface area contributed by atoms with Crippen molar-refractivity contribution in [2.45, 2.75) is 39.3 Å². The lowest BCUT2D eigenvalue weighted by Gasteiger charge is -2.31. The van der Waals surface area contributed by atoms with Crippen molar-refractivity contribution in [3.05, 3.63) is 77.3 Å². The molecule has 9 heteroatoms. The Kier molecular flexibility index (Phi) is 9.34. The molecule has 2 amide bonds. The van der Waals surface area contributed by atoms with Crippen molar-refractivity contribution in [3.63, 3.8) is 0 Å². The van der Waals surface area contributed by atoms with Gasteiger partial charge in [-0.25, -0.2) is 8.42 Å². The highest BCUT2D eigenvalue weighted by molar-refractivity contribution is 7.92. The van der Waals surface area contributed by atoms with Gasteiger partial charge in [-0.05, 0) is 42.5 Å². The predicted molar refractivity (Wildman–Crippen MR) is 146 cm³/mol. The fourth-order valence-corrected chi connectivity index (χ4v) is 4.91. The smallest absolute Gasteiger partial charge is 0.244 e. The molecule has 0 fully saturated rings. The molecule has 1 atom stereocenters. The maximum Gasteiger partial charge on any atom is 0.244 e. The molecule has 192 valence electrons. The van der Waals surface area contributed by atoms with Gasteiger partial charge in [0.1, 0.15) is 12.6 Å². The van der Waals surface area contributed by atoms with Gasteiger partial charge in [-0.3, -0.25) is 13.9 Å². The van der Waals surface area contributed by atoms with Crippen molar-refractivity contribution < 1.29 is 18.0 Å². The standard InChI is InChI=1S/C27H32ClN3O4S/c1-4-5-17-29-27(33)20(2)30(18-21-13-15-23(28)16-14-21)26(32)19-31(36(3,34)35)25-12-8-10-22-9-6-7-11-24(22)25/h6-16,20H,4-5,17-19H2,1-3H3,(H,29,33). The molecule has 0 saturated carbocycles. The number of amides is 2. The van der Waals surface area contributed by atoms with Crippen molar-refractivity contribution in [1.29, 1.82) is 0 Å². The van der Waals surface area contributed by atoms with Crippen LogP contribution in [0.3, 0.4) is 0 Å². The lowest BCUT2D eigenvalue weighted by molar-refractivity contribution is -0.139. The first-order valence-corrected chi connectivity index (χ1v) is 14.1. The summed E-state index contributed by atoms with van der Waals surface area (Å²) < 4.78 is 26.8. The monoisotopic (exact) mass is 529 g/mol. The second-order valence-electron chi connectivity index (χ2n) is 8.74. The molecule has 0 saturated heterocycles. The van der Waals surface area contributed by atoms with Gasteiger partial charge >= 0.3 is 0 Å². The minimum atomic E-state index is -3.81. The van der Waals surface area contributed by atoms with E-state index in [0.29, 0.717) is 22.6 Å². The van der Waals surface area contributed by atoms with Gasteiger partial charge in [0, 0.05) is 23.5 Å². The molecular weight excluding hydrogens is 498 g/mol. The highest BCUT2D eigenvalue weighted by Gasteiger charge is 2.30. The van der Waals surface area contributed by atoms with Crippen molar-refractivity contribution in [1.82, 2.24) is 10.2 Å². The van der Waals surface area contributed by atoms with Crippen molar-refractivity contribution in [2.24, 2.45) is 0 Å². The molecule has 0 spiro atoms. The van der Waals surface area contributed by atoms with E-state index in [1.807, 2.05) is 37.3 Å². The highest BCUT2D eigenvalue weighted by Crippen LogP contribution is 2.28. The van der Waals surface area contributed by atoms with E-state index in [0.717, 1.165) is 34.4 Å². The molecule has 3 rings (SSSR count). The number of halogens is 1. The third-order valence-electron chi connectivity index (χ3n) is 5.98. The summed E-state index contributed by atoms with van der Waals surface area (Å²) in [5.74, 6) is -0.775. The van der Waals surface area contributed by atoms with E-state index in [9.17, 15) is 18.0 Å². The van der Waals surface area contributed by atoms with Gasteiger partial charge in [0.25, 0.3) is 0 Å². The molecule has 0 radical (unpaired) electrons. The van der Waals surface area contributed by atoms with Crippen LogP contribution in [0.5, 0.6) is 0 Å². The molecule has 0 aromatic heterocycles.